The van der Waals surface area contributed by atoms with Crippen LogP contribution in [0, 0.1) is 13.8 Å². The molecule has 0 bridgehead atoms. The van der Waals surface area contributed by atoms with Crippen LogP contribution in [0.25, 0.3) is 53.9 Å². The fourth-order valence-electron chi connectivity index (χ4n) is 9.26. The summed E-state index contributed by atoms with van der Waals surface area (Å²) in [5.41, 5.74) is 12.1. The van der Waals surface area contributed by atoms with Gasteiger partial charge in [0.15, 0.2) is 0 Å². The quantitative estimate of drug-likeness (QED) is 0.142. The number of rotatable bonds is 8. The molecular formula is C58H50N2. The molecule has 10 rings (SSSR count). The van der Waals surface area contributed by atoms with Crippen molar-refractivity contribution in [3.8, 4) is 0 Å². The van der Waals surface area contributed by atoms with Crippen molar-refractivity contribution in [3.63, 3.8) is 0 Å². The second-order valence-corrected chi connectivity index (χ2v) is 17.1. The molecule has 0 heterocycles. The maximum atomic E-state index is 2.47. The molecule has 0 N–H and O–H groups in total. The van der Waals surface area contributed by atoms with Gasteiger partial charge in [-0.15, -0.1) is 0 Å². The number of benzene rings is 10. The smallest absolute Gasteiger partial charge is 0.0546 e. The highest BCUT2D eigenvalue weighted by Crippen LogP contribution is 2.50. The van der Waals surface area contributed by atoms with Crippen LogP contribution in [-0.2, 0) is 0 Å². The van der Waals surface area contributed by atoms with Crippen LogP contribution >= 0.6 is 0 Å². The van der Waals surface area contributed by atoms with Crippen molar-refractivity contribution in [1.29, 1.82) is 0 Å². The highest BCUT2D eigenvalue weighted by Gasteiger charge is 2.24. The Morgan fingerprint density at radius 2 is 0.583 bits per heavy atom. The van der Waals surface area contributed by atoms with Gasteiger partial charge in [0.2, 0.25) is 0 Å². The third kappa shape index (κ3) is 6.35. The summed E-state index contributed by atoms with van der Waals surface area (Å²) < 4.78 is 0. The summed E-state index contributed by atoms with van der Waals surface area (Å²) >= 11 is 0. The second kappa shape index (κ2) is 15.0. The molecule has 0 aliphatic rings. The Morgan fingerprint density at radius 1 is 0.300 bits per heavy atom. The molecule has 0 fully saturated rings. The predicted octanol–water partition coefficient (Wildman–Crippen LogP) is 17.3. The van der Waals surface area contributed by atoms with E-state index in [2.05, 4.69) is 233 Å². The van der Waals surface area contributed by atoms with Crippen LogP contribution in [0.5, 0.6) is 0 Å². The summed E-state index contributed by atoms with van der Waals surface area (Å²) in [6.45, 7) is 13.4. The SMILES string of the molecule is Cc1ccc(N(c2ccc(C(C)C)cc2)c2cc3c4ccccc4c4cc(N(c5ccc(C)cc5)c5ccc(C(C)C)cc5)c5ccccc5c4c3c3ccccc23)cc1. The molecule has 0 spiro atoms. The average molecular weight is 775 g/mol. The van der Waals surface area contributed by atoms with Crippen molar-refractivity contribution in [2.24, 2.45) is 0 Å². The van der Waals surface area contributed by atoms with Gasteiger partial charge < -0.3 is 9.80 Å². The molecule has 0 saturated heterocycles. The summed E-state index contributed by atoms with van der Waals surface area (Å²) in [4.78, 5) is 4.91. The van der Waals surface area contributed by atoms with Crippen LogP contribution in [-0.4, -0.2) is 0 Å². The molecule has 292 valence electrons. The zero-order valence-electron chi connectivity index (χ0n) is 35.4. The van der Waals surface area contributed by atoms with Crippen molar-refractivity contribution < 1.29 is 0 Å². The molecule has 0 aromatic heterocycles. The molecule has 10 aromatic rings. The fourth-order valence-corrected chi connectivity index (χ4v) is 9.26. The summed E-state index contributed by atoms with van der Waals surface area (Å²) in [5.74, 6) is 0.913. The normalized spacial score (nSPS) is 11.8. The molecular weight excluding hydrogens is 725 g/mol. The lowest BCUT2D eigenvalue weighted by atomic mass is 9.87. The molecule has 0 atom stereocenters. The minimum Gasteiger partial charge on any atom is -0.310 e. The van der Waals surface area contributed by atoms with Crippen molar-refractivity contribution in [2.45, 2.75) is 53.4 Å². The van der Waals surface area contributed by atoms with E-state index in [0.29, 0.717) is 11.8 Å². The van der Waals surface area contributed by atoms with E-state index in [0.717, 1.165) is 22.7 Å². The summed E-state index contributed by atoms with van der Waals surface area (Å²) in [6, 6.07) is 68.3. The number of fused-ring (bicyclic) bond motifs is 10. The molecule has 0 aliphatic heterocycles. The third-order valence-electron chi connectivity index (χ3n) is 12.5. The van der Waals surface area contributed by atoms with Crippen molar-refractivity contribution >= 4 is 88.0 Å². The van der Waals surface area contributed by atoms with Crippen LogP contribution in [0.4, 0.5) is 34.1 Å². The van der Waals surface area contributed by atoms with Crippen molar-refractivity contribution in [1.82, 2.24) is 0 Å². The van der Waals surface area contributed by atoms with Gasteiger partial charge in [0.05, 0.1) is 11.4 Å². The van der Waals surface area contributed by atoms with Crippen LogP contribution in [0.15, 0.2) is 182 Å². The van der Waals surface area contributed by atoms with E-state index >= 15 is 0 Å². The highest BCUT2D eigenvalue weighted by molar-refractivity contribution is 6.38. The zero-order valence-corrected chi connectivity index (χ0v) is 35.4. The number of anilines is 6. The minimum absolute atomic E-state index is 0.456. The van der Waals surface area contributed by atoms with Gasteiger partial charge in [-0.2, -0.15) is 0 Å². The average Bonchev–Trinajstić information content (AvgIpc) is 3.28. The molecule has 2 heteroatoms. The lowest BCUT2D eigenvalue weighted by Gasteiger charge is -2.30. The largest absolute Gasteiger partial charge is 0.310 e. The maximum absolute atomic E-state index is 2.47. The van der Waals surface area contributed by atoms with Gasteiger partial charge in [0, 0.05) is 33.5 Å². The van der Waals surface area contributed by atoms with Gasteiger partial charge in [0.1, 0.15) is 0 Å². The van der Waals surface area contributed by atoms with Crippen LogP contribution < -0.4 is 9.80 Å². The highest BCUT2D eigenvalue weighted by atomic mass is 15.1. The number of hydrogen-bond donors (Lipinski definition) is 0. The van der Waals surface area contributed by atoms with E-state index in [1.165, 1.54) is 87.5 Å². The molecule has 0 aliphatic carbocycles. The first-order valence-electron chi connectivity index (χ1n) is 21.4. The van der Waals surface area contributed by atoms with Gasteiger partial charge >= 0.3 is 0 Å². The first-order chi connectivity index (χ1) is 29.2. The third-order valence-corrected chi connectivity index (χ3v) is 12.5. The van der Waals surface area contributed by atoms with Crippen LogP contribution in [0.1, 0.15) is 61.8 Å². The summed E-state index contributed by atoms with van der Waals surface area (Å²) in [7, 11) is 0. The monoisotopic (exact) mass is 774 g/mol. The molecule has 0 saturated carbocycles. The second-order valence-electron chi connectivity index (χ2n) is 17.1. The van der Waals surface area contributed by atoms with E-state index in [9.17, 15) is 0 Å². The molecule has 10 aromatic carbocycles. The van der Waals surface area contributed by atoms with E-state index in [4.69, 9.17) is 0 Å². The van der Waals surface area contributed by atoms with E-state index in [-0.39, 0.29) is 0 Å². The Kier molecular flexibility index (Phi) is 9.37. The van der Waals surface area contributed by atoms with Gasteiger partial charge in [-0.05, 0) is 141 Å². The lowest BCUT2D eigenvalue weighted by Crippen LogP contribution is -2.11. The first-order valence-corrected chi connectivity index (χ1v) is 21.4. The molecule has 60 heavy (non-hydrogen) atoms. The minimum atomic E-state index is 0.456. The Labute approximate surface area is 354 Å². The van der Waals surface area contributed by atoms with E-state index < -0.39 is 0 Å². The lowest BCUT2D eigenvalue weighted by molar-refractivity contribution is 0.866. The van der Waals surface area contributed by atoms with Gasteiger partial charge in [-0.1, -0.05) is 160 Å². The van der Waals surface area contributed by atoms with Crippen LogP contribution in [0.2, 0.25) is 0 Å². The Balaban J connectivity index is 1.32. The molecule has 0 amide bonds. The number of aryl methyl sites for hydroxylation is 2. The Bertz CT molecular complexity index is 2970. The van der Waals surface area contributed by atoms with Gasteiger partial charge in [-0.25, -0.2) is 0 Å². The molecule has 2 nitrogen and oxygen atoms in total. The molecule has 0 unspecified atom stereocenters. The van der Waals surface area contributed by atoms with E-state index in [1.807, 2.05) is 0 Å². The summed E-state index contributed by atoms with van der Waals surface area (Å²) in [5, 5.41) is 12.5. The topological polar surface area (TPSA) is 6.48 Å². The number of nitrogens with zero attached hydrogens (tertiary/aromatic N) is 2. The zero-order chi connectivity index (χ0) is 41.1. The maximum Gasteiger partial charge on any atom is 0.0546 e. The standard InChI is InChI=1S/C58H50N2/c1-37(2)41-23-31-45(32-24-41)59(43-27-19-39(5)20-28-43)55-35-53-47-13-7-8-14-48(47)54-36-56(50-16-10-12-18-52(50)58(54)57(53)51-17-11-9-15-49(51)55)60(44-29-21-40(6)22-30-44)46-33-25-42(26-34-46)38(3)4/h7-38H,1-6H3. The Morgan fingerprint density at radius 3 is 0.900 bits per heavy atom. The van der Waals surface area contributed by atoms with Crippen LogP contribution in [0.3, 0.4) is 0 Å². The fraction of sp³-hybridized carbons (Fsp3) is 0.138. The van der Waals surface area contributed by atoms with Gasteiger partial charge in [0.25, 0.3) is 0 Å². The summed E-state index contributed by atoms with van der Waals surface area (Å²) in [6.07, 6.45) is 0. The molecule has 0 radical (unpaired) electrons. The predicted molar refractivity (Wildman–Crippen MR) is 261 cm³/mol. The van der Waals surface area contributed by atoms with Crippen molar-refractivity contribution in [2.75, 3.05) is 9.80 Å². The Hall–Kier alpha value is -6.90. The first kappa shape index (κ1) is 37.4. The van der Waals surface area contributed by atoms with Crippen molar-refractivity contribution in [3.05, 3.63) is 204 Å². The van der Waals surface area contributed by atoms with Gasteiger partial charge in [-0.3, -0.25) is 0 Å². The number of hydrogen-bond acceptors (Lipinski definition) is 2. The van der Waals surface area contributed by atoms with E-state index in [1.54, 1.807) is 0 Å².